The number of methoxy groups -OCH3 is 1. The van der Waals surface area contributed by atoms with Crippen LogP contribution in [0.15, 0.2) is 59.8 Å². The van der Waals surface area contributed by atoms with E-state index in [1.807, 2.05) is 42.5 Å². The predicted octanol–water partition coefficient (Wildman–Crippen LogP) is 2.93. The van der Waals surface area contributed by atoms with E-state index in [9.17, 15) is 8.42 Å². The topological polar surface area (TPSA) is 88.2 Å². The highest BCUT2D eigenvalue weighted by Crippen LogP contribution is 2.35. The third-order valence-electron chi connectivity index (χ3n) is 5.02. The number of hydrogen-bond donors (Lipinski definition) is 1. The Morgan fingerprint density at radius 1 is 1.21 bits per heavy atom. The average molecular weight is 398 g/mol. The van der Waals surface area contributed by atoms with Crippen LogP contribution in [0.4, 0.5) is 0 Å². The Labute approximate surface area is 164 Å². The zero-order valence-electron chi connectivity index (χ0n) is 15.6. The van der Waals surface area contributed by atoms with Gasteiger partial charge in [-0.3, -0.25) is 10.1 Å². The molecule has 8 heteroatoms. The molecule has 1 atom stereocenters. The molecule has 1 N–H and O–H groups in total. The molecule has 1 aliphatic heterocycles. The lowest BCUT2D eigenvalue weighted by Crippen LogP contribution is -2.31. The van der Waals surface area contributed by atoms with Crippen molar-refractivity contribution in [1.82, 2.24) is 19.5 Å². The van der Waals surface area contributed by atoms with Crippen LogP contribution in [0.2, 0.25) is 0 Å². The van der Waals surface area contributed by atoms with Gasteiger partial charge in [0.15, 0.2) is 0 Å². The van der Waals surface area contributed by atoms with E-state index in [-0.39, 0.29) is 10.9 Å². The average Bonchev–Trinajstić information content (AvgIpc) is 3.41. The van der Waals surface area contributed by atoms with Gasteiger partial charge in [-0.2, -0.15) is 9.40 Å². The summed E-state index contributed by atoms with van der Waals surface area (Å²) in [6.45, 7) is 0.483. The maximum absolute atomic E-state index is 13.0. The molecule has 0 spiro atoms. The number of ether oxygens (including phenoxy) is 1. The van der Waals surface area contributed by atoms with E-state index >= 15 is 0 Å². The number of benzene rings is 1. The second-order valence-electron chi connectivity index (χ2n) is 6.75. The summed E-state index contributed by atoms with van der Waals surface area (Å²) in [5, 5.41) is 6.35. The molecule has 1 aromatic carbocycles. The fourth-order valence-corrected chi connectivity index (χ4v) is 5.24. The van der Waals surface area contributed by atoms with E-state index in [1.54, 1.807) is 7.11 Å². The van der Waals surface area contributed by atoms with Crippen LogP contribution in [0.3, 0.4) is 0 Å². The minimum Gasteiger partial charge on any atom is -0.496 e. The smallest absolute Gasteiger partial charge is 0.246 e. The molecule has 1 aliphatic rings. The number of aromatic amines is 1. The largest absolute Gasteiger partial charge is 0.496 e. The van der Waals surface area contributed by atoms with Gasteiger partial charge < -0.3 is 4.74 Å². The summed E-state index contributed by atoms with van der Waals surface area (Å²) in [5.74, 6) is 0.819. The zero-order chi connectivity index (χ0) is 19.6. The second-order valence-corrected chi connectivity index (χ2v) is 8.64. The van der Waals surface area contributed by atoms with Crippen molar-refractivity contribution < 1.29 is 13.2 Å². The summed E-state index contributed by atoms with van der Waals surface area (Å²) in [6, 6.07) is 13.4. The van der Waals surface area contributed by atoms with Crippen LogP contribution in [0, 0.1) is 0 Å². The van der Waals surface area contributed by atoms with E-state index in [1.165, 1.54) is 16.7 Å². The molecule has 146 valence electrons. The first-order chi connectivity index (χ1) is 13.6. The summed E-state index contributed by atoms with van der Waals surface area (Å²) >= 11 is 0. The van der Waals surface area contributed by atoms with Gasteiger partial charge >= 0.3 is 0 Å². The first-order valence-electron chi connectivity index (χ1n) is 9.18. The lowest BCUT2D eigenvalue weighted by molar-refractivity contribution is 0.390. The molecule has 0 amide bonds. The highest BCUT2D eigenvalue weighted by molar-refractivity contribution is 7.89. The molecule has 4 rings (SSSR count). The number of sulfonamides is 1. The predicted molar refractivity (Wildman–Crippen MR) is 104 cm³/mol. The van der Waals surface area contributed by atoms with E-state index < -0.39 is 10.0 Å². The van der Waals surface area contributed by atoms with Gasteiger partial charge in [-0.1, -0.05) is 24.3 Å². The molecule has 7 nitrogen and oxygen atoms in total. The molecular formula is C20H22N4O3S. The van der Waals surface area contributed by atoms with Gasteiger partial charge in [-0.15, -0.1) is 0 Å². The highest BCUT2D eigenvalue weighted by atomic mass is 32.2. The first-order valence-corrected chi connectivity index (χ1v) is 10.6. The summed E-state index contributed by atoms with van der Waals surface area (Å²) in [4.78, 5) is 4.97. The van der Waals surface area contributed by atoms with Crippen molar-refractivity contribution in [1.29, 1.82) is 0 Å². The molecule has 1 saturated heterocycles. The van der Waals surface area contributed by atoms with E-state index in [2.05, 4.69) is 10.2 Å². The van der Waals surface area contributed by atoms with Gasteiger partial charge in [0.05, 0.1) is 25.0 Å². The molecule has 0 saturated carbocycles. The normalized spacial score (nSPS) is 17.7. The molecule has 1 fully saturated rings. The summed E-state index contributed by atoms with van der Waals surface area (Å²) in [6.07, 6.45) is 4.94. The SMILES string of the molecule is COc1ccccc1Cc1cccc([C@@H]2CCCN2S(=O)(=O)c2cn[nH]c2)n1. The van der Waals surface area contributed by atoms with Crippen LogP contribution in [-0.2, 0) is 16.4 Å². The van der Waals surface area contributed by atoms with Gasteiger partial charge in [0, 0.05) is 30.4 Å². The monoisotopic (exact) mass is 398 g/mol. The number of nitrogens with zero attached hydrogens (tertiary/aromatic N) is 3. The lowest BCUT2D eigenvalue weighted by atomic mass is 10.1. The van der Waals surface area contributed by atoms with Gasteiger partial charge in [0.1, 0.15) is 10.6 Å². The Hall–Kier alpha value is -2.71. The quantitative estimate of drug-likeness (QED) is 0.690. The Bertz CT molecular complexity index is 1050. The fraction of sp³-hybridized carbons (Fsp3) is 0.300. The molecule has 0 unspecified atom stereocenters. The Morgan fingerprint density at radius 2 is 2.07 bits per heavy atom. The summed E-state index contributed by atoms with van der Waals surface area (Å²) < 4.78 is 32.9. The van der Waals surface area contributed by atoms with Crippen molar-refractivity contribution in [2.45, 2.75) is 30.2 Å². The van der Waals surface area contributed by atoms with Gasteiger partial charge in [0.25, 0.3) is 0 Å². The number of H-pyrrole nitrogens is 1. The van der Waals surface area contributed by atoms with E-state index in [4.69, 9.17) is 9.72 Å². The van der Waals surface area contributed by atoms with Crippen molar-refractivity contribution in [3.63, 3.8) is 0 Å². The Balaban J connectivity index is 1.62. The number of nitrogens with one attached hydrogen (secondary N) is 1. The molecule has 3 aromatic rings. The van der Waals surface area contributed by atoms with Crippen LogP contribution in [-0.4, -0.2) is 41.6 Å². The van der Waals surface area contributed by atoms with Crippen molar-refractivity contribution >= 4 is 10.0 Å². The van der Waals surface area contributed by atoms with Crippen LogP contribution >= 0.6 is 0 Å². The third kappa shape index (κ3) is 3.53. The van der Waals surface area contributed by atoms with Crippen LogP contribution in [0.5, 0.6) is 5.75 Å². The molecule has 0 radical (unpaired) electrons. The van der Waals surface area contributed by atoms with Crippen molar-refractivity contribution in [3.8, 4) is 5.75 Å². The molecule has 0 bridgehead atoms. The number of aromatic nitrogens is 3. The summed E-state index contributed by atoms with van der Waals surface area (Å²) in [7, 11) is -1.94. The van der Waals surface area contributed by atoms with Crippen molar-refractivity contribution in [3.05, 3.63) is 71.8 Å². The first kappa shape index (κ1) is 18.6. The maximum atomic E-state index is 13.0. The van der Waals surface area contributed by atoms with Gasteiger partial charge in [-0.25, -0.2) is 8.42 Å². The Morgan fingerprint density at radius 3 is 2.86 bits per heavy atom. The van der Waals surface area contributed by atoms with Crippen molar-refractivity contribution in [2.24, 2.45) is 0 Å². The number of para-hydroxylation sites is 1. The minimum absolute atomic E-state index is 0.185. The van der Waals surface area contributed by atoms with Crippen LogP contribution < -0.4 is 4.74 Å². The maximum Gasteiger partial charge on any atom is 0.246 e. The number of hydrogen-bond acceptors (Lipinski definition) is 5. The molecule has 0 aliphatic carbocycles. The Kier molecular flexibility index (Phi) is 5.15. The molecular weight excluding hydrogens is 376 g/mol. The zero-order valence-corrected chi connectivity index (χ0v) is 16.4. The van der Waals surface area contributed by atoms with E-state index in [0.717, 1.165) is 35.5 Å². The van der Waals surface area contributed by atoms with Gasteiger partial charge in [0.2, 0.25) is 10.0 Å². The number of rotatable bonds is 6. The molecule has 2 aromatic heterocycles. The van der Waals surface area contributed by atoms with Crippen LogP contribution in [0.25, 0.3) is 0 Å². The second kappa shape index (κ2) is 7.73. The standard InChI is InChI=1S/C20H22N4O3S/c1-27-20-10-3-2-6-15(20)12-16-7-4-8-18(23-16)19-9-5-11-24(19)28(25,26)17-13-21-22-14-17/h2-4,6-8,10,13-14,19H,5,9,11-12H2,1H3,(H,21,22)/t19-/m0/s1. The fourth-order valence-electron chi connectivity index (χ4n) is 3.67. The molecule has 3 heterocycles. The third-order valence-corrected chi connectivity index (χ3v) is 6.89. The highest BCUT2D eigenvalue weighted by Gasteiger charge is 2.37. The van der Waals surface area contributed by atoms with Crippen LogP contribution in [0.1, 0.15) is 35.8 Å². The lowest BCUT2D eigenvalue weighted by Gasteiger charge is -2.23. The summed E-state index contributed by atoms with van der Waals surface area (Å²) in [5.41, 5.74) is 2.70. The van der Waals surface area contributed by atoms with Gasteiger partial charge in [-0.05, 0) is 31.0 Å². The molecule has 28 heavy (non-hydrogen) atoms. The van der Waals surface area contributed by atoms with Crippen molar-refractivity contribution in [2.75, 3.05) is 13.7 Å². The number of pyridine rings is 1. The minimum atomic E-state index is -3.60. The van der Waals surface area contributed by atoms with E-state index in [0.29, 0.717) is 13.0 Å².